The Morgan fingerprint density at radius 1 is 1.00 bits per heavy atom. The number of hydrogen-bond acceptors (Lipinski definition) is 5. The van der Waals surface area contributed by atoms with Crippen molar-refractivity contribution < 1.29 is 19.4 Å². The van der Waals surface area contributed by atoms with E-state index in [0.717, 1.165) is 28.1 Å². The summed E-state index contributed by atoms with van der Waals surface area (Å²) in [5.74, 6) is 0.521. The third-order valence-corrected chi connectivity index (χ3v) is 5.65. The van der Waals surface area contributed by atoms with Gasteiger partial charge >= 0.3 is 0 Å². The van der Waals surface area contributed by atoms with E-state index in [9.17, 15) is 9.59 Å². The molecule has 1 aliphatic carbocycles. The number of nitrogens with one attached hydrogen (secondary N) is 2. The van der Waals surface area contributed by atoms with Crippen LogP contribution >= 0.6 is 0 Å². The first-order valence-corrected chi connectivity index (χ1v) is 10.7. The number of benzene rings is 3. The van der Waals surface area contributed by atoms with Crippen LogP contribution in [0.5, 0.6) is 5.75 Å². The largest absolute Gasteiger partial charge is 0.496 e. The van der Waals surface area contributed by atoms with E-state index < -0.39 is 0 Å². The molecule has 32 heavy (non-hydrogen) atoms. The lowest BCUT2D eigenvalue weighted by atomic mass is 9.95. The number of methoxy groups -OCH3 is 1. The van der Waals surface area contributed by atoms with Crippen molar-refractivity contribution in [3.63, 3.8) is 0 Å². The molecule has 164 valence electrons. The lowest BCUT2D eigenvalue weighted by Crippen LogP contribution is -2.14. The fraction of sp³-hybridized carbons (Fsp3) is 0.231. The lowest BCUT2D eigenvalue weighted by Gasteiger charge is -2.15. The highest BCUT2D eigenvalue weighted by Crippen LogP contribution is 2.40. The topological polar surface area (TPSA) is 87.7 Å². The molecule has 1 amide bonds. The number of carbonyl (C=O) groups is 2. The number of para-hydroxylation sites is 1. The number of aliphatic hydroxyl groups excluding tert-OH is 1. The second kappa shape index (κ2) is 9.66. The Hall–Kier alpha value is -3.64. The molecule has 3 aromatic carbocycles. The molecular formula is C26H26N2O4. The Morgan fingerprint density at radius 2 is 1.78 bits per heavy atom. The molecule has 0 saturated heterocycles. The first-order chi connectivity index (χ1) is 15.6. The van der Waals surface area contributed by atoms with E-state index in [4.69, 9.17) is 9.84 Å². The van der Waals surface area contributed by atoms with Crippen LogP contribution in [0.25, 0.3) is 11.1 Å². The molecule has 0 spiro atoms. The fourth-order valence-electron chi connectivity index (χ4n) is 4.06. The molecule has 0 unspecified atom stereocenters. The monoisotopic (exact) mass is 430 g/mol. The van der Waals surface area contributed by atoms with Crippen molar-refractivity contribution in [3.05, 3.63) is 77.4 Å². The SMILES string of the molecule is COc1ccccc1-c1ccc(NC(=O)c2ccc(NCCCO)cc2)c2c1CCC2=O. The average molecular weight is 431 g/mol. The van der Waals surface area contributed by atoms with E-state index in [0.29, 0.717) is 42.6 Å². The van der Waals surface area contributed by atoms with Crippen LogP contribution in [0.2, 0.25) is 0 Å². The molecule has 6 heteroatoms. The van der Waals surface area contributed by atoms with E-state index in [-0.39, 0.29) is 18.3 Å². The summed E-state index contributed by atoms with van der Waals surface area (Å²) in [6, 6.07) is 18.6. The number of amides is 1. The van der Waals surface area contributed by atoms with Crippen molar-refractivity contribution in [1.82, 2.24) is 0 Å². The number of ketones is 1. The summed E-state index contributed by atoms with van der Waals surface area (Å²) >= 11 is 0. The van der Waals surface area contributed by atoms with Crippen LogP contribution in [0, 0.1) is 0 Å². The highest BCUT2D eigenvalue weighted by atomic mass is 16.5. The molecule has 0 atom stereocenters. The summed E-state index contributed by atoms with van der Waals surface area (Å²) in [5.41, 5.74) is 5.35. The zero-order valence-corrected chi connectivity index (χ0v) is 18.0. The van der Waals surface area contributed by atoms with Crippen LogP contribution in [0.3, 0.4) is 0 Å². The van der Waals surface area contributed by atoms with Crippen molar-refractivity contribution in [2.24, 2.45) is 0 Å². The number of fused-ring (bicyclic) bond motifs is 1. The minimum atomic E-state index is -0.265. The van der Waals surface area contributed by atoms with Gasteiger partial charge in [-0.25, -0.2) is 0 Å². The summed E-state index contributed by atoms with van der Waals surface area (Å²) in [6.07, 6.45) is 1.73. The number of aliphatic hydroxyl groups is 1. The molecule has 0 fully saturated rings. The van der Waals surface area contributed by atoms with Crippen LogP contribution in [-0.2, 0) is 6.42 Å². The predicted molar refractivity (Wildman–Crippen MR) is 126 cm³/mol. The standard InChI is InChI=1S/C26H26N2O4/c1-32-24-6-3-2-5-20(24)19-11-13-22(25-21(19)12-14-23(25)30)28-26(31)17-7-9-18(10-8-17)27-15-4-16-29/h2-3,5-11,13,27,29H,4,12,14-16H2,1H3,(H,28,31). The van der Waals surface area contributed by atoms with E-state index in [1.807, 2.05) is 42.5 Å². The van der Waals surface area contributed by atoms with Crippen LogP contribution in [0.4, 0.5) is 11.4 Å². The highest BCUT2D eigenvalue weighted by Gasteiger charge is 2.27. The smallest absolute Gasteiger partial charge is 0.255 e. The minimum absolute atomic E-state index is 0.0375. The third-order valence-electron chi connectivity index (χ3n) is 5.65. The Balaban J connectivity index is 1.59. The summed E-state index contributed by atoms with van der Waals surface area (Å²) < 4.78 is 5.51. The lowest BCUT2D eigenvalue weighted by molar-refractivity contribution is 0.0995. The number of Topliss-reactive ketones (excluding diaryl/α,β-unsaturated/α-hetero) is 1. The van der Waals surface area contributed by atoms with E-state index in [1.54, 1.807) is 25.3 Å². The maximum Gasteiger partial charge on any atom is 0.255 e. The van der Waals surface area contributed by atoms with Gasteiger partial charge < -0.3 is 20.5 Å². The van der Waals surface area contributed by atoms with Crippen LogP contribution in [0.15, 0.2) is 60.7 Å². The Morgan fingerprint density at radius 3 is 2.53 bits per heavy atom. The zero-order valence-electron chi connectivity index (χ0n) is 18.0. The second-order valence-electron chi connectivity index (χ2n) is 7.67. The van der Waals surface area contributed by atoms with Crippen molar-refractivity contribution in [3.8, 4) is 16.9 Å². The molecule has 0 bridgehead atoms. The normalized spacial score (nSPS) is 12.4. The number of rotatable bonds is 8. The predicted octanol–water partition coefficient (Wildman–Crippen LogP) is 4.54. The van der Waals surface area contributed by atoms with E-state index >= 15 is 0 Å². The number of anilines is 2. The van der Waals surface area contributed by atoms with Gasteiger partial charge in [-0.05, 0) is 60.4 Å². The van der Waals surface area contributed by atoms with Gasteiger partial charge in [-0.15, -0.1) is 0 Å². The zero-order chi connectivity index (χ0) is 22.5. The third kappa shape index (κ3) is 4.36. The van der Waals surface area contributed by atoms with Gasteiger partial charge in [0, 0.05) is 42.0 Å². The van der Waals surface area contributed by atoms with Crippen molar-refractivity contribution in [2.45, 2.75) is 19.3 Å². The molecule has 4 rings (SSSR count). The van der Waals surface area contributed by atoms with E-state index in [2.05, 4.69) is 10.6 Å². The molecule has 0 aromatic heterocycles. The van der Waals surface area contributed by atoms with Crippen LogP contribution in [0.1, 0.15) is 39.1 Å². The molecule has 0 aliphatic heterocycles. The molecule has 0 heterocycles. The molecule has 6 nitrogen and oxygen atoms in total. The number of ether oxygens (including phenoxy) is 1. The Kier molecular flexibility index (Phi) is 6.52. The van der Waals surface area contributed by atoms with E-state index in [1.165, 1.54) is 0 Å². The van der Waals surface area contributed by atoms with Gasteiger partial charge in [0.15, 0.2) is 5.78 Å². The average Bonchev–Trinajstić information content (AvgIpc) is 3.22. The molecule has 3 N–H and O–H groups in total. The number of carbonyl (C=O) groups excluding carboxylic acids is 2. The molecule has 0 radical (unpaired) electrons. The van der Waals surface area contributed by atoms with Crippen LogP contribution < -0.4 is 15.4 Å². The quantitative estimate of drug-likeness (QED) is 0.457. The fourth-order valence-corrected chi connectivity index (χ4v) is 4.06. The maximum atomic E-state index is 12.9. The summed E-state index contributed by atoms with van der Waals surface area (Å²) in [4.78, 5) is 25.6. The van der Waals surface area contributed by atoms with Gasteiger partial charge in [0.05, 0.1) is 12.8 Å². The van der Waals surface area contributed by atoms with Crippen molar-refractivity contribution >= 4 is 23.1 Å². The van der Waals surface area contributed by atoms with Gasteiger partial charge in [0.1, 0.15) is 5.75 Å². The van der Waals surface area contributed by atoms with Crippen molar-refractivity contribution in [1.29, 1.82) is 0 Å². The van der Waals surface area contributed by atoms with Crippen LogP contribution in [-0.4, -0.2) is 37.1 Å². The van der Waals surface area contributed by atoms with Gasteiger partial charge in [-0.2, -0.15) is 0 Å². The molecule has 3 aromatic rings. The molecular weight excluding hydrogens is 404 g/mol. The highest BCUT2D eigenvalue weighted by molar-refractivity contribution is 6.12. The first kappa shape index (κ1) is 21.6. The Bertz CT molecular complexity index is 1140. The summed E-state index contributed by atoms with van der Waals surface area (Å²) in [5, 5.41) is 15.0. The second-order valence-corrected chi connectivity index (χ2v) is 7.67. The molecule has 1 aliphatic rings. The van der Waals surface area contributed by atoms with Gasteiger partial charge in [0.25, 0.3) is 5.91 Å². The van der Waals surface area contributed by atoms with Crippen molar-refractivity contribution in [2.75, 3.05) is 30.9 Å². The summed E-state index contributed by atoms with van der Waals surface area (Å²) in [6.45, 7) is 0.793. The number of hydrogen-bond donors (Lipinski definition) is 3. The van der Waals surface area contributed by atoms with Gasteiger partial charge in [-0.3, -0.25) is 9.59 Å². The maximum absolute atomic E-state index is 12.9. The summed E-state index contributed by atoms with van der Waals surface area (Å²) in [7, 11) is 1.63. The van der Waals surface area contributed by atoms with Gasteiger partial charge in [0.2, 0.25) is 0 Å². The Labute approximate surface area is 187 Å². The van der Waals surface area contributed by atoms with Gasteiger partial charge in [-0.1, -0.05) is 24.3 Å². The first-order valence-electron chi connectivity index (χ1n) is 10.7. The molecule has 0 saturated carbocycles. The minimum Gasteiger partial charge on any atom is -0.496 e.